The predicted molar refractivity (Wildman–Crippen MR) is 147 cm³/mol. The van der Waals surface area contributed by atoms with Crippen LogP contribution in [-0.4, -0.2) is 23.3 Å². The lowest BCUT2D eigenvalue weighted by Crippen LogP contribution is -2.60. The average Bonchev–Trinajstić information content (AvgIpc) is 2.80. The molecular formula is C33H49NO3. The maximum atomic E-state index is 14.1. The topological polar surface area (TPSA) is 78.2 Å². The highest BCUT2D eigenvalue weighted by atomic mass is 16.3. The zero-order chi connectivity index (χ0) is 27.7. The molecule has 4 aliphatic carbocycles. The second kappa shape index (κ2) is 8.90. The van der Waals surface area contributed by atoms with Crippen LogP contribution in [0, 0.1) is 55.7 Å². The summed E-state index contributed by atoms with van der Waals surface area (Å²) in [4.78, 5) is 27.3. The number of aliphatic hydroxyl groups is 1. The van der Waals surface area contributed by atoms with E-state index in [0.717, 1.165) is 63.4 Å². The van der Waals surface area contributed by atoms with E-state index in [-0.39, 0.29) is 57.2 Å². The van der Waals surface area contributed by atoms with Crippen molar-refractivity contribution in [2.75, 3.05) is 6.61 Å². The fourth-order valence-corrected chi connectivity index (χ4v) is 9.16. The zero-order valence-corrected chi connectivity index (χ0v) is 24.6. The van der Waals surface area contributed by atoms with E-state index in [0.29, 0.717) is 0 Å². The van der Waals surface area contributed by atoms with Crippen LogP contribution >= 0.6 is 0 Å². The molecular weight excluding hydrogens is 458 g/mol. The maximum Gasteiger partial charge on any atom is 0.178 e. The van der Waals surface area contributed by atoms with Crippen molar-refractivity contribution in [2.24, 2.45) is 44.3 Å². The molecule has 0 aromatic carbocycles. The van der Waals surface area contributed by atoms with Crippen molar-refractivity contribution in [1.82, 2.24) is 0 Å². The van der Waals surface area contributed by atoms with E-state index in [1.54, 1.807) is 0 Å². The molecule has 4 aliphatic rings. The van der Waals surface area contributed by atoms with Crippen LogP contribution in [0.5, 0.6) is 0 Å². The lowest BCUT2D eigenvalue weighted by Gasteiger charge is -2.65. The molecule has 4 rings (SSSR count). The van der Waals surface area contributed by atoms with Gasteiger partial charge in [0.2, 0.25) is 0 Å². The Morgan fingerprint density at radius 2 is 1.57 bits per heavy atom. The minimum Gasteiger partial charge on any atom is -0.396 e. The number of aliphatic hydroxyl groups excluding tert-OH is 1. The van der Waals surface area contributed by atoms with Crippen molar-refractivity contribution >= 4 is 11.6 Å². The summed E-state index contributed by atoms with van der Waals surface area (Å²) < 4.78 is 0. The fraction of sp³-hybridized carbons (Fsp3) is 0.788. The van der Waals surface area contributed by atoms with Gasteiger partial charge >= 0.3 is 0 Å². The molecule has 0 unspecified atom stereocenters. The molecule has 204 valence electrons. The highest BCUT2D eigenvalue weighted by molar-refractivity contribution is 6.04. The monoisotopic (exact) mass is 507 g/mol. The Morgan fingerprint density at radius 3 is 2.19 bits per heavy atom. The molecule has 1 N–H and O–H groups in total. The van der Waals surface area contributed by atoms with E-state index >= 15 is 0 Å². The van der Waals surface area contributed by atoms with Crippen molar-refractivity contribution in [2.45, 2.75) is 113 Å². The molecule has 0 bridgehead atoms. The first-order chi connectivity index (χ1) is 17.0. The number of ketones is 2. The number of hydrogen-bond acceptors (Lipinski definition) is 4. The molecule has 6 atom stereocenters. The molecule has 0 spiro atoms. The minimum atomic E-state index is -0.641. The Bertz CT molecular complexity index is 1090. The highest BCUT2D eigenvalue weighted by Gasteiger charge is 2.65. The van der Waals surface area contributed by atoms with E-state index < -0.39 is 10.8 Å². The number of fused-ring (bicyclic) bond motifs is 5. The summed E-state index contributed by atoms with van der Waals surface area (Å²) in [5, 5.41) is 19.8. The normalized spacial score (nSPS) is 43.4. The summed E-state index contributed by atoms with van der Waals surface area (Å²) in [6.07, 6.45) is 12.6. The van der Waals surface area contributed by atoms with Gasteiger partial charge in [-0.25, -0.2) is 0 Å². The molecule has 0 heterocycles. The number of hydrogen-bond donors (Lipinski definition) is 1. The average molecular weight is 508 g/mol. The Hall–Kier alpha value is -1.73. The van der Waals surface area contributed by atoms with Crippen molar-refractivity contribution in [1.29, 1.82) is 5.26 Å². The largest absolute Gasteiger partial charge is 0.396 e. The van der Waals surface area contributed by atoms with Gasteiger partial charge in [0.25, 0.3) is 0 Å². The van der Waals surface area contributed by atoms with E-state index in [4.69, 9.17) is 0 Å². The molecule has 0 aromatic rings. The van der Waals surface area contributed by atoms with Crippen LogP contribution in [0.3, 0.4) is 0 Å². The number of allylic oxidation sites excluding steroid dienone is 4. The van der Waals surface area contributed by atoms with E-state index in [9.17, 15) is 20.0 Å². The smallest absolute Gasteiger partial charge is 0.178 e. The first kappa shape index (κ1) is 28.3. The van der Waals surface area contributed by atoms with Gasteiger partial charge < -0.3 is 5.11 Å². The lowest BCUT2D eigenvalue weighted by molar-refractivity contribution is -0.139. The summed E-state index contributed by atoms with van der Waals surface area (Å²) in [5.41, 5.74) is 0.0326. The van der Waals surface area contributed by atoms with Gasteiger partial charge in [0, 0.05) is 23.4 Å². The van der Waals surface area contributed by atoms with Crippen molar-refractivity contribution in [3.05, 3.63) is 23.3 Å². The van der Waals surface area contributed by atoms with Crippen LogP contribution in [0.25, 0.3) is 0 Å². The summed E-state index contributed by atoms with van der Waals surface area (Å²) in [6, 6.07) is 2.20. The minimum absolute atomic E-state index is 0.0326. The van der Waals surface area contributed by atoms with Crippen LogP contribution in [0.2, 0.25) is 0 Å². The molecule has 2 fully saturated rings. The SMILES string of the molecule is CC1(C)CC[C@@H]2C(=O)C=C3[C@@]4(C)C=C(C#N)C(=O)C(C)(C)[C@@H]4CC[C@@]3(C)[C@]2(C)CC[C@@](C)(CCO)CC1. The van der Waals surface area contributed by atoms with E-state index in [1.807, 2.05) is 26.0 Å². The van der Waals surface area contributed by atoms with E-state index in [2.05, 4.69) is 47.6 Å². The summed E-state index contributed by atoms with van der Waals surface area (Å²) in [5.74, 6) is 0.206. The zero-order valence-electron chi connectivity index (χ0n) is 24.6. The summed E-state index contributed by atoms with van der Waals surface area (Å²) in [6.45, 7) is 18.1. The van der Waals surface area contributed by atoms with Gasteiger partial charge in [-0.2, -0.15) is 5.26 Å². The molecule has 2 saturated carbocycles. The maximum absolute atomic E-state index is 14.1. The third kappa shape index (κ3) is 4.19. The number of Topliss-reactive ketones (excluding diaryl/α,β-unsaturated/α-hetero) is 1. The number of nitrogens with zero attached hydrogens (tertiary/aromatic N) is 1. The predicted octanol–water partition coefficient (Wildman–Crippen LogP) is 7.37. The molecule has 37 heavy (non-hydrogen) atoms. The summed E-state index contributed by atoms with van der Waals surface area (Å²) in [7, 11) is 0. The number of carbonyl (C=O) groups is 2. The fourth-order valence-electron chi connectivity index (χ4n) is 9.16. The molecule has 0 radical (unpaired) electrons. The van der Waals surface area contributed by atoms with Gasteiger partial charge in [0.05, 0.1) is 5.57 Å². The van der Waals surface area contributed by atoms with Crippen molar-refractivity contribution < 1.29 is 14.7 Å². The number of nitriles is 1. The Balaban J connectivity index is 1.88. The molecule has 0 aliphatic heterocycles. The van der Waals surface area contributed by atoms with Crippen LogP contribution in [0.15, 0.2) is 23.3 Å². The number of rotatable bonds is 2. The molecule has 0 saturated heterocycles. The molecule has 4 nitrogen and oxygen atoms in total. The van der Waals surface area contributed by atoms with Gasteiger partial charge in [-0.15, -0.1) is 0 Å². The van der Waals surface area contributed by atoms with Gasteiger partial charge in [0.1, 0.15) is 6.07 Å². The van der Waals surface area contributed by atoms with Crippen LogP contribution in [0.1, 0.15) is 113 Å². The highest BCUT2D eigenvalue weighted by Crippen LogP contribution is 2.70. The second-order valence-corrected chi connectivity index (χ2v) is 15.3. The molecule has 0 aromatic heterocycles. The number of carbonyl (C=O) groups excluding carboxylic acids is 2. The Morgan fingerprint density at radius 1 is 0.919 bits per heavy atom. The first-order valence-corrected chi connectivity index (χ1v) is 14.5. The van der Waals surface area contributed by atoms with Crippen LogP contribution in [0.4, 0.5) is 0 Å². The van der Waals surface area contributed by atoms with Gasteiger partial charge in [-0.3, -0.25) is 9.59 Å². The van der Waals surface area contributed by atoms with Gasteiger partial charge in [0.15, 0.2) is 11.6 Å². The standard InChI is InChI=1S/C33H49NO3/c1-28(2)11-9-23-24(36)19-26-31(6)20-22(21-34)27(37)29(3,4)25(31)10-12-33(26,8)32(23,7)16-15-30(5,14-13-28)17-18-35/h19-20,23,25,35H,9-18H2,1-8H3/t23-,25+,30+,31+,32-,33-/m1/s1. The third-order valence-corrected chi connectivity index (χ3v) is 12.2. The Kier molecular flexibility index (Phi) is 6.81. The van der Waals surface area contributed by atoms with Crippen LogP contribution < -0.4 is 0 Å². The van der Waals surface area contributed by atoms with Gasteiger partial charge in [-0.05, 0) is 91.4 Å². The third-order valence-electron chi connectivity index (χ3n) is 12.2. The van der Waals surface area contributed by atoms with Crippen LogP contribution in [-0.2, 0) is 9.59 Å². The van der Waals surface area contributed by atoms with Gasteiger partial charge in [-0.1, -0.05) is 67.0 Å². The van der Waals surface area contributed by atoms with Crippen molar-refractivity contribution in [3.63, 3.8) is 0 Å². The van der Waals surface area contributed by atoms with E-state index in [1.165, 1.54) is 0 Å². The second-order valence-electron chi connectivity index (χ2n) is 15.3. The Labute approximate surface area is 225 Å². The summed E-state index contributed by atoms with van der Waals surface area (Å²) >= 11 is 0. The molecule has 4 heteroatoms. The quantitative estimate of drug-likeness (QED) is 0.423. The van der Waals surface area contributed by atoms with Crippen molar-refractivity contribution in [3.8, 4) is 6.07 Å². The first-order valence-electron chi connectivity index (χ1n) is 14.5. The lowest BCUT2D eigenvalue weighted by atomic mass is 9.38. The molecule has 0 amide bonds.